The number of hydrogen-bond acceptors (Lipinski definition) is 4. The Balaban J connectivity index is 1.88. The number of rotatable bonds is 7. The third kappa shape index (κ3) is 4.69. The van der Waals surface area contributed by atoms with Crippen LogP contribution in [0.4, 0.5) is 5.69 Å². The number of ether oxygens (including phenoxy) is 1. The molecule has 1 heterocycles. The van der Waals surface area contributed by atoms with Gasteiger partial charge in [0.1, 0.15) is 0 Å². The monoisotopic (exact) mass is 320 g/mol. The van der Waals surface area contributed by atoms with E-state index in [1.807, 2.05) is 6.92 Å². The molecule has 1 atom stereocenters. The van der Waals surface area contributed by atoms with Crippen LogP contribution in [0.5, 0.6) is 0 Å². The maximum atomic E-state index is 12.0. The predicted molar refractivity (Wildman–Crippen MR) is 89.6 cm³/mol. The highest BCUT2D eigenvalue weighted by atomic mass is 16.5. The van der Waals surface area contributed by atoms with Crippen molar-refractivity contribution >= 4 is 22.7 Å². The Hall–Kier alpha value is -2.08. The fourth-order valence-corrected chi connectivity index (χ4v) is 2.51. The van der Waals surface area contributed by atoms with E-state index in [4.69, 9.17) is 9.15 Å². The second kappa shape index (κ2) is 7.46. The van der Waals surface area contributed by atoms with Gasteiger partial charge in [0.15, 0.2) is 5.58 Å². The summed E-state index contributed by atoms with van der Waals surface area (Å²) >= 11 is 0. The highest BCUT2D eigenvalue weighted by molar-refractivity contribution is 5.92. The van der Waals surface area contributed by atoms with E-state index in [0.29, 0.717) is 35.7 Å². The average molecular weight is 320 g/mol. The number of amides is 1. The molecular weight excluding hydrogens is 296 g/mol. The van der Waals surface area contributed by atoms with Crippen LogP contribution in [0.25, 0.3) is 11.1 Å². The molecule has 1 amide bonds. The van der Waals surface area contributed by atoms with Crippen molar-refractivity contribution in [1.29, 1.82) is 0 Å². The lowest BCUT2D eigenvalue weighted by Crippen LogP contribution is -2.18. The Morgan fingerprint density at radius 2 is 2.09 bits per heavy atom. The summed E-state index contributed by atoms with van der Waals surface area (Å²) in [7, 11) is 1.63. The van der Waals surface area contributed by atoms with Gasteiger partial charge >= 0.3 is 5.76 Å². The third-order valence-corrected chi connectivity index (χ3v) is 3.61. The second-order valence-corrected chi connectivity index (χ2v) is 6.22. The van der Waals surface area contributed by atoms with Crippen molar-refractivity contribution in [2.24, 2.45) is 13.0 Å². The summed E-state index contributed by atoms with van der Waals surface area (Å²) in [5, 5.41) is 2.81. The molecule has 1 unspecified atom stereocenters. The topological polar surface area (TPSA) is 73.5 Å². The van der Waals surface area contributed by atoms with Gasteiger partial charge in [-0.2, -0.15) is 0 Å². The molecular formula is C17H24N2O4. The third-order valence-electron chi connectivity index (χ3n) is 3.61. The Kier molecular flexibility index (Phi) is 5.60. The van der Waals surface area contributed by atoms with Crippen LogP contribution in [0.1, 0.15) is 33.6 Å². The number of hydrogen-bond donors (Lipinski definition) is 1. The standard InChI is InChI=1S/C17H24N2O4/c1-11(2)9-12(3)22-8-7-16(20)18-13-5-6-15-14(10-13)19(4)17(21)23-15/h5-6,10-12H,7-9H2,1-4H3,(H,18,20). The quantitative estimate of drug-likeness (QED) is 0.851. The van der Waals surface area contributed by atoms with E-state index in [1.165, 1.54) is 4.57 Å². The van der Waals surface area contributed by atoms with Gasteiger partial charge in [-0.3, -0.25) is 9.36 Å². The maximum Gasteiger partial charge on any atom is 0.419 e. The molecule has 23 heavy (non-hydrogen) atoms. The summed E-state index contributed by atoms with van der Waals surface area (Å²) in [4.78, 5) is 23.4. The Labute approximate surface area is 135 Å². The van der Waals surface area contributed by atoms with Crippen molar-refractivity contribution in [1.82, 2.24) is 4.57 Å². The number of anilines is 1. The molecule has 126 valence electrons. The number of aromatic nitrogens is 1. The van der Waals surface area contributed by atoms with E-state index >= 15 is 0 Å². The fraction of sp³-hybridized carbons (Fsp3) is 0.529. The molecule has 0 aliphatic heterocycles. The SMILES string of the molecule is CC(C)CC(C)OCCC(=O)Nc1ccc2oc(=O)n(C)c2c1. The number of carbonyl (C=O) groups is 1. The first-order valence-corrected chi connectivity index (χ1v) is 7.88. The molecule has 1 N–H and O–H groups in total. The number of oxazole rings is 1. The van der Waals surface area contributed by atoms with Gasteiger partial charge in [0.25, 0.3) is 0 Å². The van der Waals surface area contributed by atoms with Gasteiger partial charge < -0.3 is 14.5 Å². The smallest absolute Gasteiger partial charge is 0.408 e. The lowest BCUT2D eigenvalue weighted by Gasteiger charge is -2.14. The first kappa shape index (κ1) is 17.3. The largest absolute Gasteiger partial charge is 0.419 e. The summed E-state index contributed by atoms with van der Waals surface area (Å²) in [6.45, 7) is 6.70. The molecule has 1 aromatic heterocycles. The van der Waals surface area contributed by atoms with Gasteiger partial charge in [-0.05, 0) is 37.5 Å². The van der Waals surface area contributed by atoms with Crippen molar-refractivity contribution in [2.45, 2.75) is 39.7 Å². The molecule has 0 spiro atoms. The minimum Gasteiger partial charge on any atom is -0.408 e. The van der Waals surface area contributed by atoms with E-state index < -0.39 is 5.76 Å². The summed E-state index contributed by atoms with van der Waals surface area (Å²) in [6, 6.07) is 5.11. The molecule has 0 aliphatic rings. The van der Waals surface area contributed by atoms with Gasteiger partial charge in [0.2, 0.25) is 5.91 Å². The van der Waals surface area contributed by atoms with Gasteiger partial charge in [-0.15, -0.1) is 0 Å². The second-order valence-electron chi connectivity index (χ2n) is 6.22. The number of nitrogens with zero attached hydrogens (tertiary/aromatic N) is 1. The van der Waals surface area contributed by atoms with Crippen molar-refractivity contribution in [3.63, 3.8) is 0 Å². The Bertz CT molecular complexity index is 730. The lowest BCUT2D eigenvalue weighted by atomic mass is 10.1. The van der Waals surface area contributed by atoms with Crippen LogP contribution < -0.4 is 11.1 Å². The fourth-order valence-electron chi connectivity index (χ4n) is 2.51. The molecule has 6 heteroatoms. The van der Waals surface area contributed by atoms with Crippen molar-refractivity contribution in [3.8, 4) is 0 Å². The van der Waals surface area contributed by atoms with Crippen LogP contribution in [0.15, 0.2) is 27.4 Å². The highest BCUT2D eigenvalue weighted by Gasteiger charge is 2.10. The molecule has 2 rings (SSSR count). The van der Waals surface area contributed by atoms with Crippen molar-refractivity contribution in [3.05, 3.63) is 28.7 Å². The first-order valence-electron chi connectivity index (χ1n) is 7.88. The number of fused-ring (bicyclic) bond motifs is 1. The lowest BCUT2D eigenvalue weighted by molar-refractivity contribution is -0.117. The van der Waals surface area contributed by atoms with Crippen molar-refractivity contribution < 1.29 is 13.9 Å². The van der Waals surface area contributed by atoms with Gasteiger partial charge in [0.05, 0.1) is 24.6 Å². The minimum absolute atomic E-state index is 0.116. The zero-order valence-electron chi connectivity index (χ0n) is 14.1. The molecule has 0 fully saturated rings. The summed E-state index contributed by atoms with van der Waals surface area (Å²) in [5.41, 5.74) is 1.78. The summed E-state index contributed by atoms with van der Waals surface area (Å²) < 4.78 is 12.1. The molecule has 2 aromatic rings. The molecule has 6 nitrogen and oxygen atoms in total. The van der Waals surface area contributed by atoms with Crippen LogP contribution in [0.2, 0.25) is 0 Å². The number of benzene rings is 1. The Morgan fingerprint density at radius 1 is 1.35 bits per heavy atom. The van der Waals surface area contributed by atoms with E-state index in [0.717, 1.165) is 6.42 Å². The zero-order chi connectivity index (χ0) is 17.0. The van der Waals surface area contributed by atoms with E-state index in [-0.39, 0.29) is 12.0 Å². The van der Waals surface area contributed by atoms with Crippen LogP contribution in [-0.2, 0) is 16.6 Å². The van der Waals surface area contributed by atoms with Gasteiger partial charge in [-0.1, -0.05) is 13.8 Å². The van der Waals surface area contributed by atoms with E-state index in [9.17, 15) is 9.59 Å². The van der Waals surface area contributed by atoms with Gasteiger partial charge in [0, 0.05) is 12.7 Å². The Morgan fingerprint density at radius 3 is 2.78 bits per heavy atom. The van der Waals surface area contributed by atoms with Crippen LogP contribution in [-0.4, -0.2) is 23.2 Å². The zero-order valence-corrected chi connectivity index (χ0v) is 14.1. The van der Waals surface area contributed by atoms with Gasteiger partial charge in [-0.25, -0.2) is 4.79 Å². The normalized spacial score (nSPS) is 12.7. The number of nitrogens with one attached hydrogen (secondary N) is 1. The minimum atomic E-state index is -0.420. The van der Waals surface area contributed by atoms with E-state index in [2.05, 4.69) is 19.2 Å². The summed E-state index contributed by atoms with van der Waals surface area (Å²) in [5.74, 6) is 0.0396. The summed E-state index contributed by atoms with van der Waals surface area (Å²) in [6.07, 6.45) is 1.43. The molecule has 0 aliphatic carbocycles. The maximum absolute atomic E-state index is 12.0. The molecule has 0 saturated carbocycles. The predicted octanol–water partition coefficient (Wildman–Crippen LogP) is 2.91. The molecule has 0 saturated heterocycles. The number of carbonyl (C=O) groups excluding carboxylic acids is 1. The van der Waals surface area contributed by atoms with Crippen LogP contribution in [0, 0.1) is 5.92 Å². The average Bonchev–Trinajstić information content (AvgIpc) is 2.73. The van der Waals surface area contributed by atoms with Crippen LogP contribution in [0.3, 0.4) is 0 Å². The number of aryl methyl sites for hydroxylation is 1. The van der Waals surface area contributed by atoms with E-state index in [1.54, 1.807) is 25.2 Å². The molecule has 0 radical (unpaired) electrons. The first-order chi connectivity index (χ1) is 10.9. The highest BCUT2D eigenvalue weighted by Crippen LogP contribution is 2.18. The van der Waals surface area contributed by atoms with Crippen LogP contribution >= 0.6 is 0 Å². The molecule has 1 aromatic carbocycles. The molecule has 0 bridgehead atoms. The van der Waals surface area contributed by atoms with Crippen molar-refractivity contribution in [2.75, 3.05) is 11.9 Å².